The summed E-state index contributed by atoms with van der Waals surface area (Å²) in [5, 5.41) is 0. The van der Waals surface area contributed by atoms with Crippen LogP contribution >= 0.6 is 0 Å². The normalized spacial score (nSPS) is 39.0. The van der Waals surface area contributed by atoms with Gasteiger partial charge in [0.25, 0.3) is 0 Å². The van der Waals surface area contributed by atoms with E-state index >= 15 is 0 Å². The zero-order valence-electron chi connectivity index (χ0n) is 6.96. The molecule has 2 aliphatic rings. The van der Waals surface area contributed by atoms with Crippen LogP contribution in [0.1, 0.15) is 38.5 Å². The largest absolute Gasteiger partial charge is 0.375 e. The van der Waals surface area contributed by atoms with Gasteiger partial charge in [0.15, 0.2) is 0 Å². The van der Waals surface area contributed by atoms with E-state index in [0.717, 1.165) is 12.8 Å². The Balaban J connectivity index is 1.69. The van der Waals surface area contributed by atoms with Gasteiger partial charge in [0.2, 0.25) is 0 Å². The molecule has 0 bridgehead atoms. The lowest BCUT2D eigenvalue weighted by Crippen LogP contribution is -2.30. The summed E-state index contributed by atoms with van der Waals surface area (Å²) in [5.41, 5.74) is 5.79. The topological polar surface area (TPSA) is 35.2 Å². The van der Waals surface area contributed by atoms with Gasteiger partial charge in [0, 0.05) is 6.04 Å². The summed E-state index contributed by atoms with van der Waals surface area (Å²) in [6, 6.07) is 0.453. The second-order valence-electron chi connectivity index (χ2n) is 3.87. The van der Waals surface area contributed by atoms with Crippen LogP contribution in [0.4, 0.5) is 0 Å². The molecule has 2 saturated carbocycles. The third-order valence-electron chi connectivity index (χ3n) is 2.63. The quantitative estimate of drug-likeness (QED) is 0.654. The van der Waals surface area contributed by atoms with Gasteiger partial charge < -0.3 is 10.5 Å². The Bertz CT molecular complexity index is 126. The fourth-order valence-corrected chi connectivity index (χ4v) is 1.70. The SMILES string of the molecule is N[C@H]1CC[C@H](OC2CC2)CC1. The van der Waals surface area contributed by atoms with Crippen molar-refractivity contribution in [1.82, 2.24) is 0 Å². The van der Waals surface area contributed by atoms with Crippen molar-refractivity contribution >= 4 is 0 Å². The fourth-order valence-electron chi connectivity index (χ4n) is 1.70. The summed E-state index contributed by atoms with van der Waals surface area (Å²) in [7, 11) is 0. The van der Waals surface area contributed by atoms with E-state index < -0.39 is 0 Å². The molecular formula is C9H17NO. The van der Waals surface area contributed by atoms with Crippen LogP contribution in [0, 0.1) is 0 Å². The molecule has 2 nitrogen and oxygen atoms in total. The summed E-state index contributed by atoms with van der Waals surface area (Å²) < 4.78 is 5.80. The van der Waals surface area contributed by atoms with Crippen LogP contribution < -0.4 is 5.73 Å². The fraction of sp³-hybridized carbons (Fsp3) is 1.00. The first-order chi connectivity index (χ1) is 5.34. The number of ether oxygens (including phenoxy) is 1. The maximum atomic E-state index is 5.80. The molecule has 0 aromatic carbocycles. The molecule has 0 aromatic heterocycles. The minimum Gasteiger partial charge on any atom is -0.375 e. The van der Waals surface area contributed by atoms with Crippen LogP contribution in [-0.2, 0) is 4.74 Å². The van der Waals surface area contributed by atoms with E-state index in [1.54, 1.807) is 0 Å². The molecule has 0 aliphatic heterocycles. The Labute approximate surface area is 68.1 Å². The van der Waals surface area contributed by atoms with E-state index in [2.05, 4.69) is 0 Å². The van der Waals surface area contributed by atoms with Crippen LogP contribution in [0.3, 0.4) is 0 Å². The Morgan fingerprint density at radius 2 is 1.27 bits per heavy atom. The zero-order chi connectivity index (χ0) is 7.68. The smallest absolute Gasteiger partial charge is 0.0580 e. The van der Waals surface area contributed by atoms with Crippen molar-refractivity contribution in [2.75, 3.05) is 0 Å². The first-order valence-corrected chi connectivity index (χ1v) is 4.75. The molecule has 2 fully saturated rings. The third kappa shape index (κ3) is 2.17. The van der Waals surface area contributed by atoms with Crippen molar-refractivity contribution in [1.29, 1.82) is 0 Å². The Kier molecular flexibility index (Phi) is 2.14. The number of rotatable bonds is 2. The van der Waals surface area contributed by atoms with Gasteiger partial charge >= 0.3 is 0 Å². The van der Waals surface area contributed by atoms with Gasteiger partial charge in [-0.05, 0) is 38.5 Å². The second-order valence-corrected chi connectivity index (χ2v) is 3.87. The minimum atomic E-state index is 0.453. The first-order valence-electron chi connectivity index (χ1n) is 4.75. The van der Waals surface area contributed by atoms with Crippen molar-refractivity contribution < 1.29 is 4.74 Å². The molecule has 0 unspecified atom stereocenters. The highest BCUT2D eigenvalue weighted by Crippen LogP contribution is 2.29. The van der Waals surface area contributed by atoms with E-state index in [9.17, 15) is 0 Å². The molecular weight excluding hydrogens is 138 g/mol. The lowest BCUT2D eigenvalue weighted by molar-refractivity contribution is 0.0134. The van der Waals surface area contributed by atoms with E-state index in [1.807, 2.05) is 0 Å². The summed E-state index contributed by atoms with van der Waals surface area (Å²) in [6.07, 6.45) is 8.46. The Morgan fingerprint density at radius 1 is 0.818 bits per heavy atom. The monoisotopic (exact) mass is 155 g/mol. The van der Waals surface area contributed by atoms with Crippen molar-refractivity contribution in [3.05, 3.63) is 0 Å². The molecule has 0 heterocycles. The van der Waals surface area contributed by atoms with Crippen molar-refractivity contribution in [3.8, 4) is 0 Å². The molecule has 2 aliphatic carbocycles. The van der Waals surface area contributed by atoms with Crippen LogP contribution in [0.25, 0.3) is 0 Å². The van der Waals surface area contributed by atoms with E-state index in [4.69, 9.17) is 10.5 Å². The predicted molar refractivity (Wildman–Crippen MR) is 44.3 cm³/mol. The molecule has 0 spiro atoms. The zero-order valence-corrected chi connectivity index (χ0v) is 6.96. The molecule has 0 radical (unpaired) electrons. The predicted octanol–water partition coefficient (Wildman–Crippen LogP) is 1.44. The Morgan fingerprint density at radius 3 is 1.73 bits per heavy atom. The highest BCUT2D eigenvalue weighted by atomic mass is 16.5. The molecule has 2 rings (SSSR count). The summed E-state index contributed by atoms with van der Waals surface area (Å²) in [5.74, 6) is 0. The van der Waals surface area contributed by atoms with Gasteiger partial charge in [0.1, 0.15) is 0 Å². The van der Waals surface area contributed by atoms with Gasteiger partial charge in [-0.1, -0.05) is 0 Å². The Hall–Kier alpha value is -0.0800. The van der Waals surface area contributed by atoms with Crippen molar-refractivity contribution in [2.24, 2.45) is 5.73 Å². The first kappa shape index (κ1) is 7.56. The summed E-state index contributed by atoms with van der Waals surface area (Å²) in [4.78, 5) is 0. The second kappa shape index (κ2) is 3.11. The molecule has 2 heteroatoms. The molecule has 0 aromatic rings. The van der Waals surface area contributed by atoms with Crippen LogP contribution in [-0.4, -0.2) is 18.2 Å². The third-order valence-corrected chi connectivity index (χ3v) is 2.63. The van der Waals surface area contributed by atoms with Crippen LogP contribution in [0.5, 0.6) is 0 Å². The molecule has 0 atom stereocenters. The highest BCUT2D eigenvalue weighted by molar-refractivity contribution is 4.79. The molecule has 0 amide bonds. The van der Waals surface area contributed by atoms with Crippen molar-refractivity contribution in [3.63, 3.8) is 0 Å². The lowest BCUT2D eigenvalue weighted by atomic mass is 9.94. The van der Waals surface area contributed by atoms with Gasteiger partial charge in [0.05, 0.1) is 12.2 Å². The van der Waals surface area contributed by atoms with Crippen LogP contribution in [0.2, 0.25) is 0 Å². The summed E-state index contributed by atoms with van der Waals surface area (Å²) >= 11 is 0. The number of hydrogen-bond donors (Lipinski definition) is 1. The van der Waals surface area contributed by atoms with E-state index in [1.165, 1.54) is 25.7 Å². The van der Waals surface area contributed by atoms with Crippen LogP contribution in [0.15, 0.2) is 0 Å². The molecule has 11 heavy (non-hydrogen) atoms. The van der Waals surface area contributed by atoms with E-state index in [0.29, 0.717) is 18.2 Å². The highest BCUT2D eigenvalue weighted by Gasteiger charge is 2.28. The average molecular weight is 155 g/mol. The molecule has 0 saturated heterocycles. The summed E-state index contributed by atoms with van der Waals surface area (Å²) in [6.45, 7) is 0. The van der Waals surface area contributed by atoms with Crippen molar-refractivity contribution in [2.45, 2.75) is 56.8 Å². The standard InChI is InChI=1S/C9H17NO/c10-7-1-3-8(4-2-7)11-9-5-6-9/h7-9H,1-6,10H2/t7-,8-. The maximum absolute atomic E-state index is 5.80. The number of hydrogen-bond acceptors (Lipinski definition) is 2. The lowest BCUT2D eigenvalue weighted by Gasteiger charge is -2.26. The molecule has 2 N–H and O–H groups in total. The minimum absolute atomic E-state index is 0.453. The number of nitrogens with two attached hydrogens (primary N) is 1. The average Bonchev–Trinajstić information content (AvgIpc) is 2.78. The van der Waals surface area contributed by atoms with Gasteiger partial charge in [-0.15, -0.1) is 0 Å². The van der Waals surface area contributed by atoms with E-state index in [-0.39, 0.29) is 0 Å². The maximum Gasteiger partial charge on any atom is 0.0580 e. The van der Waals surface area contributed by atoms with Gasteiger partial charge in [-0.3, -0.25) is 0 Å². The van der Waals surface area contributed by atoms with Gasteiger partial charge in [-0.2, -0.15) is 0 Å². The molecule has 64 valence electrons. The van der Waals surface area contributed by atoms with Gasteiger partial charge in [-0.25, -0.2) is 0 Å².